The SMILES string of the molecule is CC[N+]1(C)CCC(O)(/C=C/c2ccccc2)C(C(=O)/C=C/c2ccc(Cl)c(Cl)c2)C1. The van der Waals surface area contributed by atoms with Crippen molar-refractivity contribution in [3.63, 3.8) is 0 Å². The van der Waals surface area contributed by atoms with Gasteiger partial charge in [-0.05, 0) is 36.3 Å². The molecule has 0 aromatic heterocycles. The fourth-order valence-corrected chi connectivity index (χ4v) is 4.16. The molecule has 30 heavy (non-hydrogen) atoms. The summed E-state index contributed by atoms with van der Waals surface area (Å²) in [6.07, 6.45) is 7.53. The van der Waals surface area contributed by atoms with Crippen molar-refractivity contribution < 1.29 is 14.4 Å². The fraction of sp³-hybridized carbons (Fsp3) is 0.320. The Balaban J connectivity index is 1.86. The third kappa shape index (κ3) is 5.41. The second-order valence-corrected chi connectivity index (χ2v) is 9.10. The quantitative estimate of drug-likeness (QED) is 0.471. The molecule has 2 aromatic carbocycles. The molecule has 1 fully saturated rings. The summed E-state index contributed by atoms with van der Waals surface area (Å²) in [5.41, 5.74) is 0.619. The van der Waals surface area contributed by atoms with Gasteiger partial charge in [-0.1, -0.05) is 77.8 Å². The number of hydrogen-bond donors (Lipinski definition) is 1. The number of piperidine rings is 1. The molecule has 158 valence electrons. The number of aliphatic hydroxyl groups is 1. The number of ketones is 1. The van der Waals surface area contributed by atoms with E-state index in [1.165, 1.54) is 0 Å². The van der Waals surface area contributed by atoms with Crippen LogP contribution >= 0.6 is 23.2 Å². The largest absolute Gasteiger partial charge is 0.385 e. The molecule has 1 aliphatic rings. The van der Waals surface area contributed by atoms with E-state index in [0.717, 1.165) is 28.7 Å². The van der Waals surface area contributed by atoms with Crippen LogP contribution in [0, 0.1) is 5.92 Å². The Morgan fingerprint density at radius 2 is 1.87 bits per heavy atom. The lowest BCUT2D eigenvalue weighted by Crippen LogP contribution is -2.61. The van der Waals surface area contributed by atoms with Crippen LogP contribution in [0.25, 0.3) is 12.2 Å². The third-order valence-corrected chi connectivity index (χ3v) is 6.87. The van der Waals surface area contributed by atoms with Gasteiger partial charge in [0.25, 0.3) is 0 Å². The maximum absolute atomic E-state index is 13.2. The number of hydrogen-bond acceptors (Lipinski definition) is 2. The maximum Gasteiger partial charge on any atom is 0.167 e. The topological polar surface area (TPSA) is 37.3 Å². The molecule has 1 heterocycles. The summed E-state index contributed by atoms with van der Waals surface area (Å²) in [7, 11) is 2.14. The summed E-state index contributed by atoms with van der Waals surface area (Å²) in [6.45, 7) is 4.46. The van der Waals surface area contributed by atoms with Gasteiger partial charge in [0.1, 0.15) is 11.5 Å². The highest BCUT2D eigenvalue weighted by atomic mass is 35.5. The molecule has 0 spiro atoms. The van der Waals surface area contributed by atoms with Crippen molar-refractivity contribution in [2.75, 3.05) is 26.7 Å². The second-order valence-electron chi connectivity index (χ2n) is 8.29. The van der Waals surface area contributed by atoms with Gasteiger partial charge in [-0.25, -0.2) is 0 Å². The van der Waals surface area contributed by atoms with Gasteiger partial charge in [0.05, 0.1) is 36.7 Å². The van der Waals surface area contributed by atoms with Gasteiger partial charge in [-0.2, -0.15) is 0 Å². The van der Waals surface area contributed by atoms with Crippen LogP contribution in [0.3, 0.4) is 0 Å². The minimum atomic E-state index is -1.18. The Morgan fingerprint density at radius 3 is 2.53 bits per heavy atom. The van der Waals surface area contributed by atoms with E-state index in [0.29, 0.717) is 23.0 Å². The van der Waals surface area contributed by atoms with Crippen LogP contribution < -0.4 is 0 Å². The van der Waals surface area contributed by atoms with Crippen molar-refractivity contribution >= 4 is 41.1 Å². The van der Waals surface area contributed by atoms with Gasteiger partial charge < -0.3 is 9.59 Å². The molecule has 0 saturated carbocycles. The number of quaternary nitrogens is 1. The number of likely N-dealkylation sites (tertiary alicyclic amines) is 1. The van der Waals surface area contributed by atoms with Crippen LogP contribution in [-0.4, -0.2) is 47.7 Å². The first kappa shape index (κ1) is 22.8. The van der Waals surface area contributed by atoms with E-state index in [2.05, 4.69) is 14.0 Å². The van der Waals surface area contributed by atoms with E-state index in [-0.39, 0.29) is 5.78 Å². The van der Waals surface area contributed by atoms with Gasteiger partial charge >= 0.3 is 0 Å². The van der Waals surface area contributed by atoms with Gasteiger partial charge in [-0.15, -0.1) is 0 Å². The zero-order valence-corrected chi connectivity index (χ0v) is 18.9. The molecule has 3 rings (SSSR count). The number of halogens is 2. The van der Waals surface area contributed by atoms with E-state index in [4.69, 9.17) is 23.2 Å². The molecule has 3 nitrogen and oxygen atoms in total. The van der Waals surface area contributed by atoms with Crippen LogP contribution in [0.5, 0.6) is 0 Å². The van der Waals surface area contributed by atoms with E-state index in [1.807, 2.05) is 42.5 Å². The molecule has 0 amide bonds. The van der Waals surface area contributed by atoms with E-state index >= 15 is 0 Å². The van der Waals surface area contributed by atoms with E-state index in [9.17, 15) is 9.90 Å². The smallest absolute Gasteiger partial charge is 0.167 e. The minimum Gasteiger partial charge on any atom is -0.385 e. The van der Waals surface area contributed by atoms with Crippen LogP contribution in [0.15, 0.2) is 60.7 Å². The maximum atomic E-state index is 13.2. The molecule has 1 saturated heterocycles. The Morgan fingerprint density at radius 1 is 1.13 bits per heavy atom. The van der Waals surface area contributed by atoms with Crippen molar-refractivity contribution in [2.24, 2.45) is 5.92 Å². The molecule has 3 unspecified atom stereocenters. The van der Waals surface area contributed by atoms with Crippen molar-refractivity contribution in [3.8, 4) is 0 Å². The van der Waals surface area contributed by atoms with Crippen molar-refractivity contribution in [1.82, 2.24) is 0 Å². The zero-order chi connectivity index (χ0) is 21.8. The molecule has 2 aromatic rings. The molecular formula is C25H28Cl2NO2+. The summed E-state index contributed by atoms with van der Waals surface area (Å²) in [5.74, 6) is -0.603. The highest BCUT2D eigenvalue weighted by Crippen LogP contribution is 2.34. The predicted octanol–water partition coefficient (Wildman–Crippen LogP) is 5.51. The number of nitrogens with zero attached hydrogens (tertiary/aromatic N) is 1. The van der Waals surface area contributed by atoms with Crippen molar-refractivity contribution in [3.05, 3.63) is 81.9 Å². The molecule has 0 aliphatic carbocycles. The van der Waals surface area contributed by atoms with Gasteiger partial charge in [0, 0.05) is 6.42 Å². The van der Waals surface area contributed by atoms with Gasteiger partial charge in [0.15, 0.2) is 5.78 Å². The number of carbonyl (C=O) groups is 1. The highest BCUT2D eigenvalue weighted by Gasteiger charge is 2.48. The number of allylic oxidation sites excluding steroid dienone is 1. The zero-order valence-electron chi connectivity index (χ0n) is 17.4. The van der Waals surface area contributed by atoms with Gasteiger partial charge in [-0.3, -0.25) is 4.79 Å². The van der Waals surface area contributed by atoms with Crippen LogP contribution in [0.4, 0.5) is 0 Å². The Kier molecular flexibility index (Phi) is 7.20. The molecule has 5 heteroatoms. The van der Waals surface area contributed by atoms with E-state index in [1.54, 1.807) is 30.4 Å². The Bertz CT molecular complexity index is 957. The molecule has 1 N–H and O–H groups in total. The predicted molar refractivity (Wildman–Crippen MR) is 125 cm³/mol. The summed E-state index contributed by atoms with van der Waals surface area (Å²) in [4.78, 5) is 13.2. The van der Waals surface area contributed by atoms with E-state index < -0.39 is 11.5 Å². The highest BCUT2D eigenvalue weighted by molar-refractivity contribution is 6.42. The summed E-state index contributed by atoms with van der Waals surface area (Å²) in [6, 6.07) is 15.1. The van der Waals surface area contributed by atoms with Crippen molar-refractivity contribution in [2.45, 2.75) is 18.9 Å². The molecule has 1 aliphatic heterocycles. The number of carbonyl (C=O) groups excluding carboxylic acids is 1. The average Bonchev–Trinajstić information content (AvgIpc) is 2.76. The monoisotopic (exact) mass is 444 g/mol. The van der Waals surface area contributed by atoms with Crippen LogP contribution in [0.1, 0.15) is 24.5 Å². The van der Waals surface area contributed by atoms with Gasteiger partial charge in [0.2, 0.25) is 0 Å². The van der Waals surface area contributed by atoms with Crippen molar-refractivity contribution in [1.29, 1.82) is 0 Å². The van der Waals surface area contributed by atoms with Crippen LogP contribution in [-0.2, 0) is 4.79 Å². The lowest BCUT2D eigenvalue weighted by Gasteiger charge is -2.46. The first-order chi connectivity index (χ1) is 14.2. The summed E-state index contributed by atoms with van der Waals surface area (Å²) >= 11 is 12.0. The fourth-order valence-electron chi connectivity index (χ4n) is 3.85. The standard InChI is InChI=1S/C25H28Cl2NO2/c1-3-28(2)16-15-25(30,14-13-19-7-5-4-6-8-19)21(18-28)24(29)12-10-20-9-11-22(26)23(27)17-20/h4-14,17,21,30H,3,15-16,18H2,1-2H3/q+1/b12-10+,14-13+. The molecule has 0 bridgehead atoms. The summed E-state index contributed by atoms with van der Waals surface area (Å²) < 4.78 is 0.762. The number of rotatable bonds is 6. The number of benzene rings is 2. The normalized spacial score (nSPS) is 27.0. The molecule has 0 radical (unpaired) electrons. The second kappa shape index (κ2) is 9.49. The lowest BCUT2D eigenvalue weighted by molar-refractivity contribution is -0.916. The Hall–Kier alpha value is -1.91. The summed E-state index contributed by atoms with van der Waals surface area (Å²) in [5, 5.41) is 12.4. The first-order valence-electron chi connectivity index (χ1n) is 10.2. The lowest BCUT2D eigenvalue weighted by atomic mass is 9.76. The third-order valence-electron chi connectivity index (χ3n) is 6.13. The molecular weight excluding hydrogens is 417 g/mol. The first-order valence-corrected chi connectivity index (χ1v) is 11.0. The Labute approximate surface area is 188 Å². The van der Waals surface area contributed by atoms with Crippen LogP contribution in [0.2, 0.25) is 10.0 Å². The molecule has 3 atom stereocenters. The minimum absolute atomic E-state index is 0.0845. The average molecular weight is 445 g/mol.